The number of amides is 3. The molecule has 170 valence electrons. The van der Waals surface area contributed by atoms with Crippen molar-refractivity contribution in [1.29, 1.82) is 0 Å². The highest BCUT2D eigenvalue weighted by atomic mass is 16.5. The van der Waals surface area contributed by atoms with E-state index >= 15 is 0 Å². The molecule has 10 heteroatoms. The van der Waals surface area contributed by atoms with Gasteiger partial charge in [-0.3, -0.25) is 14.4 Å². The van der Waals surface area contributed by atoms with Gasteiger partial charge in [0.05, 0.1) is 18.9 Å². The van der Waals surface area contributed by atoms with Crippen LogP contribution in [0.25, 0.3) is 0 Å². The van der Waals surface area contributed by atoms with E-state index in [0.29, 0.717) is 38.3 Å². The average Bonchev–Trinajstić information content (AvgIpc) is 2.72. The van der Waals surface area contributed by atoms with Crippen molar-refractivity contribution in [2.45, 2.75) is 58.0 Å². The van der Waals surface area contributed by atoms with Crippen LogP contribution in [0.5, 0.6) is 0 Å². The Bertz CT molecular complexity index is 608. The van der Waals surface area contributed by atoms with Crippen LogP contribution in [0.2, 0.25) is 0 Å². The summed E-state index contributed by atoms with van der Waals surface area (Å²) in [4.78, 5) is 49.7. The molecule has 2 aliphatic rings. The first-order valence-corrected chi connectivity index (χ1v) is 10.8. The molecule has 10 nitrogen and oxygen atoms in total. The van der Waals surface area contributed by atoms with Crippen LogP contribution in [0.3, 0.4) is 0 Å². The van der Waals surface area contributed by atoms with E-state index in [9.17, 15) is 19.2 Å². The molecule has 0 aliphatic carbocycles. The fourth-order valence-electron chi connectivity index (χ4n) is 3.99. The molecule has 0 saturated carbocycles. The molecule has 0 unspecified atom stereocenters. The molecule has 0 aromatic rings. The van der Waals surface area contributed by atoms with Gasteiger partial charge in [0.15, 0.2) is 0 Å². The average molecular weight is 427 g/mol. The predicted octanol–water partition coefficient (Wildman–Crippen LogP) is 0.668. The first-order chi connectivity index (χ1) is 14.4. The molecule has 3 amide bonds. The zero-order chi connectivity index (χ0) is 21.9. The first kappa shape index (κ1) is 23.9. The van der Waals surface area contributed by atoms with Gasteiger partial charge in [0.2, 0.25) is 11.8 Å². The Morgan fingerprint density at radius 1 is 1.17 bits per heavy atom. The summed E-state index contributed by atoms with van der Waals surface area (Å²) in [6, 6.07) is 0. The third-order valence-corrected chi connectivity index (χ3v) is 5.63. The van der Waals surface area contributed by atoms with Crippen molar-refractivity contribution >= 4 is 23.9 Å². The SMILES string of the molecule is CCOC(=O)N[C@H](CC(=O)O)NC(=O)[C@@H]1CCCN(C(=O)CCC2CCNCC2)C1. The lowest BCUT2D eigenvalue weighted by Gasteiger charge is -2.33. The maximum atomic E-state index is 12.7. The van der Waals surface area contributed by atoms with Crippen molar-refractivity contribution in [2.24, 2.45) is 11.8 Å². The van der Waals surface area contributed by atoms with E-state index in [0.717, 1.165) is 32.4 Å². The molecule has 30 heavy (non-hydrogen) atoms. The largest absolute Gasteiger partial charge is 0.481 e. The summed E-state index contributed by atoms with van der Waals surface area (Å²) >= 11 is 0. The van der Waals surface area contributed by atoms with Crippen molar-refractivity contribution in [3.8, 4) is 0 Å². The van der Waals surface area contributed by atoms with Gasteiger partial charge in [0.1, 0.15) is 6.17 Å². The Kier molecular flexibility index (Phi) is 9.85. The number of alkyl carbamates (subject to hydrolysis) is 1. The molecule has 2 atom stereocenters. The van der Waals surface area contributed by atoms with E-state index < -0.39 is 30.6 Å². The number of rotatable bonds is 9. The fraction of sp³-hybridized carbons (Fsp3) is 0.800. The summed E-state index contributed by atoms with van der Waals surface area (Å²) in [5.74, 6) is -1.31. The molecule has 0 aromatic carbocycles. The highest BCUT2D eigenvalue weighted by Crippen LogP contribution is 2.21. The zero-order valence-corrected chi connectivity index (χ0v) is 17.7. The van der Waals surface area contributed by atoms with Gasteiger partial charge < -0.3 is 30.7 Å². The minimum absolute atomic E-state index is 0.0674. The highest BCUT2D eigenvalue weighted by molar-refractivity contribution is 5.82. The molecule has 0 aromatic heterocycles. The molecule has 0 radical (unpaired) electrons. The van der Waals surface area contributed by atoms with Crippen LogP contribution < -0.4 is 16.0 Å². The summed E-state index contributed by atoms with van der Waals surface area (Å²) in [5.41, 5.74) is 0. The van der Waals surface area contributed by atoms with Gasteiger partial charge >= 0.3 is 12.1 Å². The number of carboxylic acids is 1. The van der Waals surface area contributed by atoms with Gasteiger partial charge in [-0.25, -0.2) is 4.79 Å². The summed E-state index contributed by atoms with van der Waals surface area (Å²) in [6.45, 7) is 4.72. The standard InChI is InChI=1S/C20H34N4O6/c1-2-30-20(29)23-16(12-18(26)27)22-19(28)15-4-3-11-24(13-15)17(25)6-5-14-7-9-21-10-8-14/h14-16,21H,2-13H2,1H3,(H,22,28)(H,23,29)(H,26,27)/t15-,16-/m1/s1. The third-order valence-electron chi connectivity index (χ3n) is 5.63. The number of carbonyl (C=O) groups is 4. The van der Waals surface area contributed by atoms with Crippen LogP contribution >= 0.6 is 0 Å². The summed E-state index contributed by atoms with van der Waals surface area (Å²) in [6.07, 6.45) is 2.56. The molecule has 2 saturated heterocycles. The lowest BCUT2D eigenvalue weighted by molar-refractivity contribution is -0.138. The summed E-state index contributed by atoms with van der Waals surface area (Å²) < 4.78 is 4.76. The number of ether oxygens (including phenoxy) is 1. The van der Waals surface area contributed by atoms with E-state index in [1.807, 2.05) is 0 Å². The second-order valence-electron chi connectivity index (χ2n) is 7.93. The summed E-state index contributed by atoms with van der Waals surface area (Å²) in [5, 5.41) is 17.3. The van der Waals surface area contributed by atoms with E-state index in [1.54, 1.807) is 11.8 Å². The van der Waals surface area contributed by atoms with Crippen molar-refractivity contribution in [3.05, 3.63) is 0 Å². The topological polar surface area (TPSA) is 137 Å². The smallest absolute Gasteiger partial charge is 0.408 e. The lowest BCUT2D eigenvalue weighted by Crippen LogP contribution is -2.53. The number of piperidine rings is 2. The van der Waals surface area contributed by atoms with Crippen LogP contribution in [0.1, 0.15) is 51.9 Å². The van der Waals surface area contributed by atoms with E-state index in [4.69, 9.17) is 9.84 Å². The second kappa shape index (κ2) is 12.4. The van der Waals surface area contributed by atoms with Crippen LogP contribution in [0.15, 0.2) is 0 Å². The number of carbonyl (C=O) groups excluding carboxylic acids is 3. The maximum absolute atomic E-state index is 12.7. The number of nitrogens with zero attached hydrogens (tertiary/aromatic N) is 1. The van der Waals surface area contributed by atoms with Crippen LogP contribution in [0.4, 0.5) is 4.79 Å². The molecule has 2 heterocycles. The first-order valence-electron chi connectivity index (χ1n) is 10.8. The number of likely N-dealkylation sites (tertiary alicyclic amines) is 1. The van der Waals surface area contributed by atoms with Crippen molar-refractivity contribution in [3.63, 3.8) is 0 Å². The maximum Gasteiger partial charge on any atom is 0.408 e. The Hall–Kier alpha value is -2.36. The van der Waals surface area contributed by atoms with Crippen molar-refractivity contribution in [1.82, 2.24) is 20.9 Å². The number of hydrogen-bond acceptors (Lipinski definition) is 6. The van der Waals surface area contributed by atoms with Crippen LogP contribution in [-0.4, -0.2) is 72.8 Å². The van der Waals surface area contributed by atoms with E-state index in [-0.39, 0.29) is 18.4 Å². The number of aliphatic carboxylic acids is 1. The van der Waals surface area contributed by atoms with Gasteiger partial charge in [-0.1, -0.05) is 0 Å². The quantitative estimate of drug-likeness (QED) is 0.398. The lowest BCUT2D eigenvalue weighted by atomic mass is 9.92. The van der Waals surface area contributed by atoms with Crippen molar-refractivity contribution in [2.75, 3.05) is 32.8 Å². The molecule has 2 aliphatic heterocycles. The third kappa shape index (κ3) is 8.17. The van der Waals surface area contributed by atoms with E-state index in [1.165, 1.54) is 0 Å². The monoisotopic (exact) mass is 426 g/mol. The zero-order valence-electron chi connectivity index (χ0n) is 17.7. The minimum Gasteiger partial charge on any atom is -0.481 e. The Morgan fingerprint density at radius 2 is 1.90 bits per heavy atom. The second-order valence-corrected chi connectivity index (χ2v) is 7.93. The molecule has 2 rings (SSSR count). The Labute approximate surface area is 177 Å². The minimum atomic E-state index is -1.16. The van der Waals surface area contributed by atoms with Gasteiger partial charge in [-0.2, -0.15) is 0 Å². The number of carboxylic acid groups (broad SMARTS) is 1. The molecule has 4 N–H and O–H groups in total. The number of nitrogens with one attached hydrogen (secondary N) is 3. The van der Waals surface area contributed by atoms with Gasteiger partial charge in [-0.05, 0) is 58.0 Å². The normalized spacial score (nSPS) is 20.8. The predicted molar refractivity (Wildman–Crippen MR) is 108 cm³/mol. The molecule has 0 bridgehead atoms. The molecule has 0 spiro atoms. The Balaban J connectivity index is 1.84. The van der Waals surface area contributed by atoms with Gasteiger partial charge in [0.25, 0.3) is 0 Å². The summed E-state index contributed by atoms with van der Waals surface area (Å²) in [7, 11) is 0. The van der Waals surface area contributed by atoms with Crippen LogP contribution in [0, 0.1) is 11.8 Å². The van der Waals surface area contributed by atoms with Gasteiger partial charge in [-0.15, -0.1) is 0 Å². The van der Waals surface area contributed by atoms with Crippen molar-refractivity contribution < 1.29 is 29.0 Å². The molecule has 2 fully saturated rings. The van der Waals surface area contributed by atoms with Crippen LogP contribution in [-0.2, 0) is 19.1 Å². The number of hydrogen-bond donors (Lipinski definition) is 4. The molecular weight excluding hydrogens is 392 g/mol. The molecular formula is C20H34N4O6. The van der Waals surface area contributed by atoms with Gasteiger partial charge in [0, 0.05) is 19.5 Å². The van der Waals surface area contributed by atoms with E-state index in [2.05, 4.69) is 16.0 Å². The fourth-order valence-corrected chi connectivity index (χ4v) is 3.99. The Morgan fingerprint density at radius 3 is 2.57 bits per heavy atom. The highest BCUT2D eigenvalue weighted by Gasteiger charge is 2.30.